The van der Waals surface area contributed by atoms with Gasteiger partial charge in [-0.05, 0) is 62.1 Å². The summed E-state index contributed by atoms with van der Waals surface area (Å²) in [5.41, 5.74) is 2.90. The maximum Gasteiger partial charge on any atom is 0.142 e. The Morgan fingerprint density at radius 1 is 1.21 bits per heavy atom. The molecule has 24 heavy (non-hydrogen) atoms. The van der Waals surface area contributed by atoms with E-state index in [1.807, 2.05) is 32.3 Å². The van der Waals surface area contributed by atoms with Crippen molar-refractivity contribution in [1.29, 1.82) is 0 Å². The Morgan fingerprint density at radius 3 is 2.62 bits per heavy atom. The fourth-order valence-corrected chi connectivity index (χ4v) is 2.59. The van der Waals surface area contributed by atoms with Crippen LogP contribution in [0.3, 0.4) is 0 Å². The smallest absolute Gasteiger partial charge is 0.142 e. The summed E-state index contributed by atoms with van der Waals surface area (Å²) >= 11 is 5.80. The first-order valence-corrected chi connectivity index (χ1v) is 8.32. The molecule has 0 aromatic heterocycles. The molecule has 0 radical (unpaired) electrons. The number of benzene rings is 2. The normalized spacial score (nSPS) is 14.2. The zero-order valence-electron chi connectivity index (χ0n) is 14.0. The van der Waals surface area contributed by atoms with Gasteiger partial charge in [-0.15, -0.1) is 0 Å². The van der Waals surface area contributed by atoms with Gasteiger partial charge in [-0.1, -0.05) is 11.6 Å². The molecule has 1 aliphatic carbocycles. The molecule has 126 valence electrons. The van der Waals surface area contributed by atoms with Gasteiger partial charge in [-0.2, -0.15) is 0 Å². The van der Waals surface area contributed by atoms with Gasteiger partial charge in [0.2, 0.25) is 0 Å². The number of halogens is 2. The second kappa shape index (κ2) is 6.81. The minimum Gasteiger partial charge on any atom is -0.457 e. The molecule has 0 bridgehead atoms. The van der Waals surface area contributed by atoms with E-state index < -0.39 is 5.82 Å². The Balaban J connectivity index is 1.79. The maximum absolute atomic E-state index is 13.2. The molecule has 0 spiro atoms. The Hall–Kier alpha value is -2.07. The summed E-state index contributed by atoms with van der Waals surface area (Å²) in [6, 6.07) is 8.91. The van der Waals surface area contributed by atoms with E-state index in [-0.39, 0.29) is 5.02 Å². The SMILES string of the molecule is Cc1cc(Oc2ccc(F)c(Cl)c2)c(C)cc1N=CN(C)C1CC1. The lowest BCUT2D eigenvalue weighted by Crippen LogP contribution is -2.17. The van der Waals surface area contributed by atoms with Crippen molar-refractivity contribution in [2.24, 2.45) is 4.99 Å². The van der Waals surface area contributed by atoms with E-state index >= 15 is 0 Å². The van der Waals surface area contributed by atoms with Crippen molar-refractivity contribution in [2.45, 2.75) is 32.7 Å². The van der Waals surface area contributed by atoms with Gasteiger partial charge in [0, 0.05) is 19.2 Å². The Morgan fingerprint density at radius 2 is 1.96 bits per heavy atom. The molecule has 0 unspecified atom stereocenters. The van der Waals surface area contributed by atoms with Crippen LogP contribution in [0.4, 0.5) is 10.1 Å². The van der Waals surface area contributed by atoms with Crippen LogP contribution in [-0.2, 0) is 0 Å². The third-order valence-electron chi connectivity index (χ3n) is 4.11. The summed E-state index contributed by atoms with van der Waals surface area (Å²) in [5, 5.41) is 0.0474. The fourth-order valence-electron chi connectivity index (χ4n) is 2.42. The topological polar surface area (TPSA) is 24.8 Å². The molecule has 1 aliphatic rings. The molecular weight excluding hydrogens is 327 g/mol. The van der Waals surface area contributed by atoms with Crippen LogP contribution in [0, 0.1) is 19.7 Å². The average molecular weight is 347 g/mol. The number of hydrogen-bond acceptors (Lipinski definition) is 2. The molecule has 1 saturated carbocycles. The monoisotopic (exact) mass is 346 g/mol. The minimum atomic E-state index is -0.457. The van der Waals surface area contributed by atoms with Gasteiger partial charge in [0.15, 0.2) is 0 Å². The highest BCUT2D eigenvalue weighted by Crippen LogP contribution is 2.33. The molecule has 0 amide bonds. The number of aryl methyl sites for hydroxylation is 2. The molecule has 3 rings (SSSR count). The van der Waals surface area contributed by atoms with Crippen LogP contribution in [0.2, 0.25) is 5.02 Å². The summed E-state index contributed by atoms with van der Waals surface area (Å²) < 4.78 is 19.1. The van der Waals surface area contributed by atoms with Gasteiger partial charge in [0.05, 0.1) is 17.0 Å². The van der Waals surface area contributed by atoms with Gasteiger partial charge >= 0.3 is 0 Å². The zero-order valence-corrected chi connectivity index (χ0v) is 14.8. The number of hydrogen-bond donors (Lipinski definition) is 0. The van der Waals surface area contributed by atoms with Crippen molar-refractivity contribution < 1.29 is 9.13 Å². The van der Waals surface area contributed by atoms with Gasteiger partial charge in [-0.3, -0.25) is 0 Å². The summed E-state index contributed by atoms with van der Waals surface area (Å²) in [4.78, 5) is 6.73. The molecule has 0 N–H and O–H groups in total. The maximum atomic E-state index is 13.2. The second-order valence-electron chi connectivity index (χ2n) is 6.22. The first-order chi connectivity index (χ1) is 11.4. The lowest BCUT2D eigenvalue weighted by atomic mass is 10.1. The molecule has 3 nitrogen and oxygen atoms in total. The van der Waals surface area contributed by atoms with Crippen molar-refractivity contribution >= 4 is 23.6 Å². The Bertz CT molecular complexity index is 787. The third-order valence-corrected chi connectivity index (χ3v) is 4.40. The van der Waals surface area contributed by atoms with E-state index in [1.165, 1.54) is 25.0 Å². The van der Waals surface area contributed by atoms with E-state index in [1.54, 1.807) is 6.07 Å². The van der Waals surface area contributed by atoms with Crippen LogP contribution in [0.15, 0.2) is 35.3 Å². The highest BCUT2D eigenvalue weighted by Gasteiger charge is 2.24. The van der Waals surface area contributed by atoms with E-state index in [4.69, 9.17) is 16.3 Å². The number of aliphatic imine (C=N–C) groups is 1. The van der Waals surface area contributed by atoms with Crippen molar-refractivity contribution in [3.05, 3.63) is 52.3 Å². The molecule has 1 fully saturated rings. The first kappa shape index (κ1) is 16.8. The molecule has 0 aliphatic heterocycles. The zero-order chi connectivity index (χ0) is 17.3. The van der Waals surface area contributed by atoms with Gasteiger partial charge in [0.25, 0.3) is 0 Å². The molecule has 5 heteroatoms. The van der Waals surface area contributed by atoms with Crippen molar-refractivity contribution in [1.82, 2.24) is 4.90 Å². The van der Waals surface area contributed by atoms with Gasteiger partial charge in [0.1, 0.15) is 17.3 Å². The van der Waals surface area contributed by atoms with Crippen LogP contribution < -0.4 is 4.74 Å². The van der Waals surface area contributed by atoms with Crippen LogP contribution in [-0.4, -0.2) is 24.3 Å². The van der Waals surface area contributed by atoms with Crippen LogP contribution in [0.1, 0.15) is 24.0 Å². The minimum absolute atomic E-state index is 0.0474. The summed E-state index contributed by atoms with van der Waals surface area (Å²) in [7, 11) is 2.05. The molecule has 0 saturated heterocycles. The third kappa shape index (κ3) is 3.88. The first-order valence-electron chi connectivity index (χ1n) is 7.94. The number of ether oxygens (including phenoxy) is 1. The van der Waals surface area contributed by atoms with Crippen LogP contribution >= 0.6 is 11.6 Å². The molecule has 2 aromatic carbocycles. The fraction of sp³-hybridized carbons (Fsp3) is 0.316. The van der Waals surface area contributed by atoms with E-state index in [2.05, 4.69) is 16.9 Å². The van der Waals surface area contributed by atoms with Crippen LogP contribution in [0.25, 0.3) is 0 Å². The molecular formula is C19H20ClFN2O. The Kier molecular flexibility index (Phi) is 4.76. The standard InChI is InChI=1S/C19H20ClFN2O/c1-12-9-19(24-15-6-7-17(21)16(20)10-15)13(2)8-18(12)22-11-23(3)14-4-5-14/h6-11,14H,4-5H2,1-3H3. The second-order valence-corrected chi connectivity index (χ2v) is 6.63. The lowest BCUT2D eigenvalue weighted by molar-refractivity contribution is 0.476. The van der Waals surface area contributed by atoms with E-state index in [0.717, 1.165) is 16.8 Å². The Labute approximate surface area is 146 Å². The van der Waals surface area contributed by atoms with Crippen molar-refractivity contribution in [3.63, 3.8) is 0 Å². The highest BCUT2D eigenvalue weighted by atomic mass is 35.5. The lowest BCUT2D eigenvalue weighted by Gasteiger charge is -2.13. The average Bonchev–Trinajstić information content (AvgIpc) is 3.37. The van der Waals surface area contributed by atoms with Gasteiger partial charge in [-0.25, -0.2) is 9.38 Å². The van der Waals surface area contributed by atoms with E-state index in [0.29, 0.717) is 17.5 Å². The van der Waals surface area contributed by atoms with Crippen LogP contribution in [0.5, 0.6) is 11.5 Å². The molecule has 2 aromatic rings. The number of rotatable bonds is 5. The van der Waals surface area contributed by atoms with E-state index in [9.17, 15) is 4.39 Å². The van der Waals surface area contributed by atoms with Crippen molar-refractivity contribution in [3.8, 4) is 11.5 Å². The molecule has 0 atom stereocenters. The van der Waals surface area contributed by atoms with Gasteiger partial charge < -0.3 is 9.64 Å². The quantitative estimate of drug-likeness (QED) is 0.516. The van der Waals surface area contributed by atoms with Crippen molar-refractivity contribution in [2.75, 3.05) is 7.05 Å². The summed E-state index contributed by atoms with van der Waals surface area (Å²) in [6.45, 7) is 3.96. The highest BCUT2D eigenvalue weighted by molar-refractivity contribution is 6.30. The summed E-state index contributed by atoms with van der Waals surface area (Å²) in [6.07, 6.45) is 4.38. The molecule has 0 heterocycles. The largest absolute Gasteiger partial charge is 0.457 e. The number of nitrogens with zero attached hydrogens (tertiary/aromatic N) is 2. The predicted octanol–water partition coefficient (Wildman–Crippen LogP) is 5.64. The predicted molar refractivity (Wildman–Crippen MR) is 96.3 cm³/mol. The summed E-state index contributed by atoms with van der Waals surface area (Å²) in [5.74, 6) is 0.764.